The van der Waals surface area contributed by atoms with E-state index in [1.807, 2.05) is 14.0 Å². The molecule has 7 heteroatoms. The van der Waals surface area contributed by atoms with E-state index in [-0.39, 0.29) is 5.91 Å². The van der Waals surface area contributed by atoms with Gasteiger partial charge in [0.2, 0.25) is 0 Å². The molecule has 0 aromatic carbocycles. The minimum Gasteiger partial charge on any atom is -0.382 e. The molecule has 0 aliphatic rings. The number of anilines is 2. The fourth-order valence-corrected chi connectivity index (χ4v) is 1.51. The molecule has 0 saturated heterocycles. The SMILES string of the molecule is Cc1c(NC(=O)c2cc(N)nn2C)cnn1C. The van der Waals surface area contributed by atoms with E-state index in [1.54, 1.807) is 17.9 Å². The summed E-state index contributed by atoms with van der Waals surface area (Å²) in [6.07, 6.45) is 1.60. The van der Waals surface area contributed by atoms with Crippen molar-refractivity contribution in [2.24, 2.45) is 14.1 Å². The second kappa shape index (κ2) is 3.93. The maximum atomic E-state index is 11.9. The van der Waals surface area contributed by atoms with Gasteiger partial charge in [-0.2, -0.15) is 10.2 Å². The van der Waals surface area contributed by atoms with Gasteiger partial charge in [-0.1, -0.05) is 0 Å². The lowest BCUT2D eigenvalue weighted by Crippen LogP contribution is -2.16. The summed E-state index contributed by atoms with van der Waals surface area (Å²) >= 11 is 0. The van der Waals surface area contributed by atoms with Crippen LogP contribution in [0.1, 0.15) is 16.2 Å². The predicted octanol–water partition coefficient (Wildman–Crippen LogP) is 0.297. The van der Waals surface area contributed by atoms with Crippen LogP contribution in [0, 0.1) is 6.92 Å². The second-order valence-corrected chi connectivity index (χ2v) is 3.80. The molecule has 0 bridgehead atoms. The van der Waals surface area contributed by atoms with Crippen LogP contribution in [0.5, 0.6) is 0 Å². The molecular weight excluding hydrogens is 220 g/mol. The maximum absolute atomic E-state index is 11.9. The van der Waals surface area contributed by atoms with Gasteiger partial charge in [-0.05, 0) is 6.92 Å². The molecule has 0 aliphatic heterocycles. The zero-order valence-corrected chi connectivity index (χ0v) is 9.93. The number of nitrogens with one attached hydrogen (secondary N) is 1. The summed E-state index contributed by atoms with van der Waals surface area (Å²) in [5.74, 6) is 0.0633. The van der Waals surface area contributed by atoms with Crippen molar-refractivity contribution in [2.75, 3.05) is 11.1 Å². The Kier molecular flexibility index (Phi) is 2.58. The van der Waals surface area contributed by atoms with Crippen molar-refractivity contribution < 1.29 is 4.79 Å². The van der Waals surface area contributed by atoms with Crippen LogP contribution in [0.2, 0.25) is 0 Å². The van der Waals surface area contributed by atoms with E-state index in [0.29, 0.717) is 17.2 Å². The normalized spacial score (nSPS) is 10.5. The summed E-state index contributed by atoms with van der Waals surface area (Å²) in [6, 6.07) is 1.53. The highest BCUT2D eigenvalue weighted by Crippen LogP contribution is 2.14. The van der Waals surface area contributed by atoms with Gasteiger partial charge in [-0.3, -0.25) is 14.2 Å². The number of rotatable bonds is 2. The fourth-order valence-electron chi connectivity index (χ4n) is 1.51. The molecule has 0 saturated carbocycles. The van der Waals surface area contributed by atoms with Crippen molar-refractivity contribution in [1.29, 1.82) is 0 Å². The molecule has 1 amide bonds. The van der Waals surface area contributed by atoms with E-state index in [4.69, 9.17) is 5.73 Å². The van der Waals surface area contributed by atoms with Crippen LogP contribution >= 0.6 is 0 Å². The smallest absolute Gasteiger partial charge is 0.274 e. The molecule has 0 fully saturated rings. The van der Waals surface area contributed by atoms with Gasteiger partial charge in [0.15, 0.2) is 0 Å². The molecule has 7 nitrogen and oxygen atoms in total. The van der Waals surface area contributed by atoms with Gasteiger partial charge < -0.3 is 11.1 Å². The number of carbonyl (C=O) groups is 1. The topological polar surface area (TPSA) is 90.8 Å². The highest BCUT2D eigenvalue weighted by molar-refractivity contribution is 6.03. The van der Waals surface area contributed by atoms with Crippen LogP contribution in [0.4, 0.5) is 11.5 Å². The third kappa shape index (κ3) is 1.99. The second-order valence-electron chi connectivity index (χ2n) is 3.80. The van der Waals surface area contributed by atoms with Crippen molar-refractivity contribution in [3.8, 4) is 0 Å². The molecule has 0 aliphatic carbocycles. The summed E-state index contributed by atoms with van der Waals surface area (Å²) < 4.78 is 3.13. The first-order chi connectivity index (χ1) is 7.99. The first kappa shape index (κ1) is 11.2. The summed E-state index contributed by atoms with van der Waals surface area (Å²) in [7, 11) is 3.48. The molecule has 2 aromatic rings. The van der Waals surface area contributed by atoms with E-state index in [9.17, 15) is 4.79 Å². The zero-order valence-electron chi connectivity index (χ0n) is 9.93. The van der Waals surface area contributed by atoms with Crippen LogP contribution in [0.15, 0.2) is 12.3 Å². The average molecular weight is 234 g/mol. The lowest BCUT2D eigenvalue weighted by molar-refractivity contribution is 0.101. The quantitative estimate of drug-likeness (QED) is 0.781. The number of carbonyl (C=O) groups excluding carboxylic acids is 1. The first-order valence-electron chi connectivity index (χ1n) is 5.08. The van der Waals surface area contributed by atoms with Gasteiger partial charge >= 0.3 is 0 Å². The Hall–Kier alpha value is -2.31. The van der Waals surface area contributed by atoms with Gasteiger partial charge in [0.25, 0.3) is 5.91 Å². The van der Waals surface area contributed by atoms with Crippen molar-refractivity contribution in [1.82, 2.24) is 19.6 Å². The van der Waals surface area contributed by atoms with Crippen molar-refractivity contribution in [2.45, 2.75) is 6.92 Å². The van der Waals surface area contributed by atoms with Gasteiger partial charge in [0, 0.05) is 20.2 Å². The molecule has 2 rings (SSSR count). The largest absolute Gasteiger partial charge is 0.382 e. The standard InChI is InChI=1S/C10H14N6O/c1-6-7(5-12-15(6)2)13-10(17)8-4-9(11)14-16(8)3/h4-5H,1-3H3,(H2,11,14)(H,13,17). The van der Waals surface area contributed by atoms with Gasteiger partial charge in [0.1, 0.15) is 11.5 Å². The van der Waals surface area contributed by atoms with Crippen LogP contribution in [0.25, 0.3) is 0 Å². The molecular formula is C10H14N6O. The Balaban J connectivity index is 2.23. The van der Waals surface area contributed by atoms with E-state index >= 15 is 0 Å². The number of hydrogen-bond acceptors (Lipinski definition) is 4. The maximum Gasteiger partial charge on any atom is 0.274 e. The van der Waals surface area contributed by atoms with Crippen LogP contribution in [0.3, 0.4) is 0 Å². The number of nitrogens with two attached hydrogens (primary N) is 1. The molecule has 90 valence electrons. The molecule has 0 atom stereocenters. The minimum absolute atomic E-state index is 0.257. The Morgan fingerprint density at radius 1 is 1.41 bits per heavy atom. The monoisotopic (exact) mass is 234 g/mol. The minimum atomic E-state index is -0.257. The van der Waals surface area contributed by atoms with Gasteiger partial charge in [0.05, 0.1) is 17.6 Å². The van der Waals surface area contributed by atoms with Gasteiger partial charge in [-0.25, -0.2) is 0 Å². The van der Waals surface area contributed by atoms with Gasteiger partial charge in [-0.15, -0.1) is 0 Å². The molecule has 0 unspecified atom stereocenters. The van der Waals surface area contributed by atoms with E-state index in [2.05, 4.69) is 15.5 Å². The average Bonchev–Trinajstić information content (AvgIpc) is 2.75. The number of aromatic nitrogens is 4. The third-order valence-corrected chi connectivity index (χ3v) is 2.61. The number of hydrogen-bond donors (Lipinski definition) is 2. The third-order valence-electron chi connectivity index (χ3n) is 2.61. The molecule has 2 heterocycles. The lowest BCUT2D eigenvalue weighted by Gasteiger charge is -2.04. The van der Waals surface area contributed by atoms with E-state index in [1.165, 1.54) is 10.7 Å². The number of nitrogen functional groups attached to an aromatic ring is 1. The number of amides is 1. The number of nitrogens with zero attached hydrogens (tertiary/aromatic N) is 4. The first-order valence-corrected chi connectivity index (χ1v) is 5.08. The highest BCUT2D eigenvalue weighted by atomic mass is 16.2. The Bertz CT molecular complexity index is 567. The van der Waals surface area contributed by atoms with E-state index < -0.39 is 0 Å². The summed E-state index contributed by atoms with van der Waals surface area (Å²) in [5, 5.41) is 10.7. The molecule has 3 N–H and O–H groups in total. The van der Waals surface area contributed by atoms with Crippen LogP contribution in [-0.2, 0) is 14.1 Å². The molecule has 2 aromatic heterocycles. The zero-order chi connectivity index (χ0) is 12.6. The number of aryl methyl sites for hydroxylation is 2. The van der Waals surface area contributed by atoms with Crippen molar-refractivity contribution >= 4 is 17.4 Å². The fraction of sp³-hybridized carbons (Fsp3) is 0.300. The summed E-state index contributed by atoms with van der Waals surface area (Å²) in [6.45, 7) is 1.88. The van der Waals surface area contributed by atoms with Crippen LogP contribution in [-0.4, -0.2) is 25.5 Å². The lowest BCUT2D eigenvalue weighted by atomic mass is 10.3. The molecule has 0 spiro atoms. The Labute approximate surface area is 98.2 Å². The molecule has 17 heavy (non-hydrogen) atoms. The summed E-state index contributed by atoms with van der Waals surface area (Å²) in [4.78, 5) is 11.9. The Morgan fingerprint density at radius 2 is 2.12 bits per heavy atom. The summed E-state index contributed by atoms with van der Waals surface area (Å²) in [5.41, 5.74) is 7.49. The molecule has 0 radical (unpaired) electrons. The van der Waals surface area contributed by atoms with Crippen molar-refractivity contribution in [3.63, 3.8) is 0 Å². The Morgan fingerprint density at radius 3 is 2.59 bits per heavy atom. The highest BCUT2D eigenvalue weighted by Gasteiger charge is 2.14. The van der Waals surface area contributed by atoms with E-state index in [0.717, 1.165) is 5.69 Å². The van der Waals surface area contributed by atoms with Crippen LogP contribution < -0.4 is 11.1 Å². The predicted molar refractivity (Wildman–Crippen MR) is 63.5 cm³/mol. The van der Waals surface area contributed by atoms with Crippen molar-refractivity contribution in [3.05, 3.63) is 23.7 Å².